The van der Waals surface area contributed by atoms with Crippen molar-refractivity contribution in [2.24, 2.45) is 4.99 Å². The smallest absolute Gasteiger partial charge is 0.338 e. The fraction of sp³-hybridized carbons (Fsp3) is 0.160. The van der Waals surface area contributed by atoms with Gasteiger partial charge in [-0.15, -0.1) is 11.3 Å². The van der Waals surface area contributed by atoms with E-state index < -0.39 is 16.9 Å². The molecule has 0 aliphatic carbocycles. The van der Waals surface area contributed by atoms with E-state index in [1.807, 2.05) is 17.5 Å². The Morgan fingerprint density at radius 3 is 2.84 bits per heavy atom. The minimum absolute atomic E-state index is 0.168. The average molecular weight is 635 g/mol. The normalized spacial score (nSPS) is 15.4. The molecule has 9 nitrogen and oxygen atoms in total. The van der Waals surface area contributed by atoms with Crippen LogP contribution in [0.15, 0.2) is 71.7 Å². The van der Waals surface area contributed by atoms with E-state index in [2.05, 4.69) is 20.9 Å². The van der Waals surface area contributed by atoms with Crippen molar-refractivity contribution >= 4 is 67.9 Å². The second-order valence-electron chi connectivity index (χ2n) is 8.07. The Labute approximate surface area is 236 Å². The highest BCUT2D eigenvalue weighted by Crippen LogP contribution is 2.37. The van der Waals surface area contributed by atoms with Crippen LogP contribution < -0.4 is 14.9 Å². The lowest BCUT2D eigenvalue weighted by molar-refractivity contribution is -0.385. The Balaban J connectivity index is 1.60. The van der Waals surface area contributed by atoms with Crippen molar-refractivity contribution in [1.82, 2.24) is 4.57 Å². The van der Waals surface area contributed by atoms with Crippen LogP contribution in [0.25, 0.3) is 17.4 Å². The largest absolute Gasteiger partial charge is 0.463 e. The van der Waals surface area contributed by atoms with Gasteiger partial charge in [0.25, 0.3) is 11.2 Å². The number of carbonyl (C=O) groups is 1. The molecule has 13 heteroatoms. The van der Waals surface area contributed by atoms with E-state index >= 15 is 0 Å². The number of ether oxygens (including phenoxy) is 1. The van der Waals surface area contributed by atoms with Crippen LogP contribution in [0.3, 0.4) is 0 Å². The van der Waals surface area contributed by atoms with E-state index in [1.54, 1.807) is 38.1 Å². The fourth-order valence-electron chi connectivity index (χ4n) is 4.07. The summed E-state index contributed by atoms with van der Waals surface area (Å²) in [5.41, 5.74) is 0.700. The third-order valence-corrected chi connectivity index (χ3v) is 8.99. The van der Waals surface area contributed by atoms with Crippen LogP contribution in [0.1, 0.15) is 30.5 Å². The van der Waals surface area contributed by atoms with Crippen molar-refractivity contribution < 1.29 is 18.9 Å². The summed E-state index contributed by atoms with van der Waals surface area (Å²) in [7, 11) is 0. The number of fused-ring (bicyclic) bond motifs is 1. The lowest BCUT2D eigenvalue weighted by atomic mass is 10.0. The van der Waals surface area contributed by atoms with Gasteiger partial charge in [0.15, 0.2) is 4.80 Å². The van der Waals surface area contributed by atoms with Crippen LogP contribution in [-0.4, -0.2) is 22.1 Å². The van der Waals surface area contributed by atoms with E-state index in [1.165, 1.54) is 33.3 Å². The number of thiophene rings is 1. The van der Waals surface area contributed by atoms with Crippen molar-refractivity contribution in [3.63, 3.8) is 0 Å². The van der Waals surface area contributed by atoms with E-state index in [4.69, 9.17) is 20.8 Å². The number of benzene rings is 1. The number of hydrogen-bond acceptors (Lipinski definition) is 9. The van der Waals surface area contributed by atoms with Crippen LogP contribution in [0.4, 0.5) is 5.69 Å². The van der Waals surface area contributed by atoms with Gasteiger partial charge >= 0.3 is 5.97 Å². The molecule has 3 aromatic heterocycles. The molecule has 0 radical (unpaired) electrons. The molecule has 1 atom stereocenters. The number of nitro benzene ring substituents is 1. The quantitative estimate of drug-likeness (QED) is 0.158. The van der Waals surface area contributed by atoms with Gasteiger partial charge in [0.2, 0.25) is 0 Å². The van der Waals surface area contributed by atoms with E-state index in [9.17, 15) is 19.7 Å². The molecule has 1 aromatic carbocycles. The topological polar surface area (TPSA) is 117 Å². The maximum Gasteiger partial charge on any atom is 0.338 e. The molecule has 4 aromatic rings. The molecular formula is C25H17BrClN3O6S2. The Morgan fingerprint density at radius 1 is 1.37 bits per heavy atom. The highest BCUT2D eigenvalue weighted by Gasteiger charge is 2.34. The monoisotopic (exact) mass is 633 g/mol. The van der Waals surface area contributed by atoms with E-state index in [-0.39, 0.29) is 27.3 Å². The summed E-state index contributed by atoms with van der Waals surface area (Å²) in [6.45, 7) is 3.65. The van der Waals surface area contributed by atoms with Gasteiger partial charge in [0, 0.05) is 22.6 Å². The number of furan rings is 1. The molecule has 4 heterocycles. The van der Waals surface area contributed by atoms with Crippen molar-refractivity contribution in [2.75, 3.05) is 6.61 Å². The van der Waals surface area contributed by atoms with Gasteiger partial charge in [-0.05, 0) is 59.4 Å². The first kappa shape index (κ1) is 26.3. The predicted octanol–water partition coefficient (Wildman–Crippen LogP) is 5.44. The first-order valence-corrected chi connectivity index (χ1v) is 14.0. The van der Waals surface area contributed by atoms with Crippen LogP contribution >= 0.6 is 50.2 Å². The average Bonchev–Trinajstić information content (AvgIpc) is 3.62. The summed E-state index contributed by atoms with van der Waals surface area (Å²) in [6.07, 6.45) is 1.58. The molecule has 194 valence electrons. The van der Waals surface area contributed by atoms with E-state index in [0.717, 1.165) is 4.88 Å². The minimum atomic E-state index is -0.662. The lowest BCUT2D eigenvalue weighted by Crippen LogP contribution is -2.39. The van der Waals surface area contributed by atoms with Crippen molar-refractivity contribution in [1.29, 1.82) is 0 Å². The second kappa shape index (κ2) is 10.4. The van der Waals surface area contributed by atoms with Gasteiger partial charge in [0.1, 0.15) is 22.0 Å². The molecule has 0 saturated carbocycles. The number of allylic oxidation sites excluding steroid dienone is 1. The molecule has 0 spiro atoms. The molecule has 38 heavy (non-hydrogen) atoms. The number of esters is 1. The zero-order valence-corrected chi connectivity index (χ0v) is 23.7. The Kier molecular flexibility index (Phi) is 7.23. The molecule has 0 saturated heterocycles. The molecule has 0 amide bonds. The van der Waals surface area contributed by atoms with Crippen molar-refractivity contribution in [3.8, 4) is 11.3 Å². The summed E-state index contributed by atoms with van der Waals surface area (Å²) in [6, 6.07) is 9.27. The predicted molar refractivity (Wildman–Crippen MR) is 148 cm³/mol. The zero-order chi connectivity index (χ0) is 27.1. The minimum Gasteiger partial charge on any atom is -0.463 e. The number of nitrogens with zero attached hydrogens (tertiary/aromatic N) is 3. The standard InChI is InChI=1S/C25H17BrClN3O6S2/c1-3-35-24(32)20-12(2)28-25-29(22(20)18-5-4-8-37-18)23(31)19(38-25)11-14-6-7-17(36-14)13-9-15(27)21(26)16(10-13)30(33)34/h4-11,22H,3H2,1-2H3/b19-11-/t22-/m0/s1. The third kappa shape index (κ3) is 4.68. The number of aromatic nitrogens is 1. The van der Waals surface area contributed by atoms with Crippen LogP contribution in [0.5, 0.6) is 0 Å². The van der Waals surface area contributed by atoms with Gasteiger partial charge in [-0.3, -0.25) is 19.5 Å². The molecule has 0 unspecified atom stereocenters. The molecule has 1 aliphatic heterocycles. The van der Waals surface area contributed by atoms with Gasteiger partial charge < -0.3 is 9.15 Å². The summed E-state index contributed by atoms with van der Waals surface area (Å²) in [4.78, 5) is 43.1. The van der Waals surface area contributed by atoms with Crippen LogP contribution in [0.2, 0.25) is 5.02 Å². The molecule has 1 aliphatic rings. The highest BCUT2D eigenvalue weighted by atomic mass is 79.9. The molecule has 0 bridgehead atoms. The fourth-order valence-corrected chi connectivity index (χ4v) is 6.51. The number of rotatable bonds is 6. The third-order valence-electron chi connectivity index (χ3n) is 5.72. The first-order chi connectivity index (χ1) is 18.2. The number of hydrogen-bond donors (Lipinski definition) is 0. The molecule has 0 N–H and O–H groups in total. The number of halogens is 2. The Morgan fingerprint density at radius 2 is 2.16 bits per heavy atom. The van der Waals surface area contributed by atoms with Gasteiger partial charge in [0.05, 0.1) is 32.4 Å². The Bertz CT molecular complexity index is 1800. The maximum atomic E-state index is 13.6. The number of thiazole rings is 1. The summed E-state index contributed by atoms with van der Waals surface area (Å²) in [5.74, 6) is 0.193. The molecular weight excluding hydrogens is 618 g/mol. The second-order valence-corrected chi connectivity index (χ2v) is 11.3. The summed E-state index contributed by atoms with van der Waals surface area (Å²) >= 11 is 11.9. The zero-order valence-electron chi connectivity index (χ0n) is 19.8. The number of nitro groups is 1. The van der Waals surface area contributed by atoms with Gasteiger partial charge in [-0.1, -0.05) is 29.0 Å². The maximum absolute atomic E-state index is 13.6. The molecule has 0 fully saturated rings. The highest BCUT2D eigenvalue weighted by molar-refractivity contribution is 9.10. The summed E-state index contributed by atoms with van der Waals surface area (Å²) < 4.78 is 13.2. The van der Waals surface area contributed by atoms with Crippen LogP contribution in [0, 0.1) is 10.1 Å². The number of carbonyl (C=O) groups excluding carboxylic acids is 1. The summed E-state index contributed by atoms with van der Waals surface area (Å²) in [5, 5.41) is 13.4. The van der Waals surface area contributed by atoms with Crippen LogP contribution in [-0.2, 0) is 9.53 Å². The van der Waals surface area contributed by atoms with Gasteiger partial charge in [-0.2, -0.15) is 0 Å². The van der Waals surface area contributed by atoms with Crippen molar-refractivity contribution in [3.05, 3.63) is 103 Å². The van der Waals surface area contributed by atoms with Crippen molar-refractivity contribution in [2.45, 2.75) is 19.9 Å². The first-order valence-electron chi connectivity index (χ1n) is 11.2. The molecule has 5 rings (SSSR count). The van der Waals surface area contributed by atoms with E-state index in [0.29, 0.717) is 37.7 Å². The Hall–Kier alpha value is -3.32. The van der Waals surface area contributed by atoms with Gasteiger partial charge in [-0.25, -0.2) is 9.79 Å². The SMILES string of the molecule is CCOC(=O)C1=C(C)N=c2s/c(=C\c3ccc(-c4cc(Cl)c(Br)c([N+](=O)[O-])c4)o3)c(=O)n2[C@H]1c1cccs1. The lowest BCUT2D eigenvalue weighted by Gasteiger charge is -2.23.